The molecule has 4 heteroatoms. The minimum Gasteiger partial charge on any atom is -0.337 e. The summed E-state index contributed by atoms with van der Waals surface area (Å²) in [6.45, 7) is 10.6. The van der Waals surface area contributed by atoms with Crippen LogP contribution in [0.3, 0.4) is 0 Å². The largest absolute Gasteiger partial charge is 0.337 e. The van der Waals surface area contributed by atoms with E-state index in [1.807, 2.05) is 24.1 Å². The molecule has 0 aliphatic rings. The number of imidazole rings is 1. The lowest BCUT2D eigenvalue weighted by Crippen LogP contribution is -2.44. The second-order valence-corrected chi connectivity index (χ2v) is 5.41. The van der Waals surface area contributed by atoms with Crippen molar-refractivity contribution < 1.29 is 0 Å². The number of aromatic nitrogens is 2. The van der Waals surface area contributed by atoms with Crippen LogP contribution in [0.2, 0.25) is 0 Å². The van der Waals surface area contributed by atoms with E-state index in [1.54, 1.807) is 0 Å². The first-order valence-corrected chi connectivity index (χ1v) is 5.82. The fraction of sp³-hybridized carbons (Fsp3) is 0.750. The van der Waals surface area contributed by atoms with Gasteiger partial charge in [-0.2, -0.15) is 0 Å². The van der Waals surface area contributed by atoms with Crippen molar-refractivity contribution in [3.8, 4) is 0 Å². The minimum atomic E-state index is 0.183. The van der Waals surface area contributed by atoms with Gasteiger partial charge in [0.25, 0.3) is 0 Å². The van der Waals surface area contributed by atoms with Gasteiger partial charge in [-0.1, -0.05) is 0 Å². The highest BCUT2D eigenvalue weighted by Gasteiger charge is 2.10. The molecule has 1 heterocycles. The Hall–Kier alpha value is -0.870. The van der Waals surface area contributed by atoms with E-state index in [1.165, 1.54) is 5.69 Å². The Kier molecular flexibility index (Phi) is 4.50. The van der Waals surface area contributed by atoms with Crippen LogP contribution in [0.15, 0.2) is 12.5 Å². The summed E-state index contributed by atoms with van der Waals surface area (Å²) < 4.78 is 2.04. The average molecular weight is 224 g/mol. The van der Waals surface area contributed by atoms with E-state index in [2.05, 4.69) is 43.3 Å². The third kappa shape index (κ3) is 4.77. The van der Waals surface area contributed by atoms with Gasteiger partial charge in [-0.15, -0.1) is 0 Å². The third-order valence-electron chi connectivity index (χ3n) is 2.49. The van der Waals surface area contributed by atoms with Gasteiger partial charge in [0.1, 0.15) is 0 Å². The van der Waals surface area contributed by atoms with Crippen LogP contribution in [0, 0.1) is 0 Å². The van der Waals surface area contributed by atoms with Crippen molar-refractivity contribution in [1.82, 2.24) is 20.2 Å². The molecule has 2 N–H and O–H groups in total. The van der Waals surface area contributed by atoms with Crippen molar-refractivity contribution in [3.05, 3.63) is 18.2 Å². The summed E-state index contributed by atoms with van der Waals surface area (Å²) in [6, 6.07) is 0.453. The van der Waals surface area contributed by atoms with Crippen LogP contribution in [0.25, 0.3) is 0 Å². The first-order valence-electron chi connectivity index (χ1n) is 5.82. The van der Waals surface area contributed by atoms with Gasteiger partial charge in [0, 0.05) is 37.9 Å². The molecule has 0 fully saturated rings. The maximum Gasteiger partial charge on any atom is 0.0945 e. The molecule has 0 radical (unpaired) electrons. The van der Waals surface area contributed by atoms with E-state index in [9.17, 15) is 0 Å². The smallest absolute Gasteiger partial charge is 0.0945 e. The Morgan fingerprint density at radius 2 is 2.12 bits per heavy atom. The summed E-state index contributed by atoms with van der Waals surface area (Å²) in [5, 5.41) is 6.96. The summed E-state index contributed by atoms with van der Waals surface area (Å²) in [6.07, 6.45) is 3.73. The number of aryl methyl sites for hydroxylation is 1. The van der Waals surface area contributed by atoms with Crippen LogP contribution < -0.4 is 10.6 Å². The SMILES string of the molecule is CC(CNC(C)(C)C)NCc1cncn1C. The van der Waals surface area contributed by atoms with Gasteiger partial charge < -0.3 is 15.2 Å². The first kappa shape index (κ1) is 13.2. The lowest BCUT2D eigenvalue weighted by atomic mass is 10.1. The van der Waals surface area contributed by atoms with Gasteiger partial charge in [0.15, 0.2) is 0 Å². The second kappa shape index (κ2) is 5.46. The van der Waals surface area contributed by atoms with Crippen molar-refractivity contribution in [1.29, 1.82) is 0 Å². The molecule has 0 spiro atoms. The number of hydrogen-bond donors (Lipinski definition) is 2. The molecule has 0 amide bonds. The summed E-state index contributed by atoms with van der Waals surface area (Å²) in [4.78, 5) is 4.09. The Balaban J connectivity index is 2.25. The van der Waals surface area contributed by atoms with E-state index in [0.717, 1.165) is 13.1 Å². The minimum absolute atomic E-state index is 0.183. The highest BCUT2D eigenvalue weighted by molar-refractivity contribution is 4.97. The average Bonchev–Trinajstić information content (AvgIpc) is 2.57. The zero-order valence-electron chi connectivity index (χ0n) is 11.0. The summed E-state index contributed by atoms with van der Waals surface area (Å²) in [5.41, 5.74) is 1.39. The lowest BCUT2D eigenvalue weighted by Gasteiger charge is -2.24. The predicted molar refractivity (Wildman–Crippen MR) is 67.3 cm³/mol. The van der Waals surface area contributed by atoms with Gasteiger partial charge in [-0.3, -0.25) is 0 Å². The maximum absolute atomic E-state index is 4.09. The molecule has 1 atom stereocenters. The van der Waals surface area contributed by atoms with Gasteiger partial charge >= 0.3 is 0 Å². The Morgan fingerprint density at radius 1 is 1.44 bits per heavy atom. The van der Waals surface area contributed by atoms with E-state index in [4.69, 9.17) is 0 Å². The number of nitrogens with one attached hydrogen (secondary N) is 2. The molecule has 1 rings (SSSR count). The van der Waals surface area contributed by atoms with E-state index in [0.29, 0.717) is 6.04 Å². The highest BCUT2D eigenvalue weighted by Crippen LogP contribution is 1.99. The van der Waals surface area contributed by atoms with Gasteiger partial charge in [-0.25, -0.2) is 4.98 Å². The van der Waals surface area contributed by atoms with E-state index < -0.39 is 0 Å². The van der Waals surface area contributed by atoms with Gasteiger partial charge in [-0.05, 0) is 27.7 Å². The molecule has 0 aromatic carbocycles. The number of hydrogen-bond acceptors (Lipinski definition) is 3. The molecule has 16 heavy (non-hydrogen) atoms. The van der Waals surface area contributed by atoms with Crippen LogP contribution >= 0.6 is 0 Å². The fourth-order valence-electron chi connectivity index (χ4n) is 1.37. The van der Waals surface area contributed by atoms with Crippen LogP contribution in [0.1, 0.15) is 33.4 Å². The van der Waals surface area contributed by atoms with Crippen molar-refractivity contribution in [2.45, 2.75) is 45.8 Å². The van der Waals surface area contributed by atoms with Crippen molar-refractivity contribution >= 4 is 0 Å². The molecule has 4 nitrogen and oxygen atoms in total. The monoisotopic (exact) mass is 224 g/mol. The fourth-order valence-corrected chi connectivity index (χ4v) is 1.37. The Morgan fingerprint density at radius 3 is 2.62 bits per heavy atom. The summed E-state index contributed by atoms with van der Waals surface area (Å²) in [5.74, 6) is 0. The van der Waals surface area contributed by atoms with Crippen LogP contribution in [0.5, 0.6) is 0 Å². The van der Waals surface area contributed by atoms with Crippen LogP contribution in [-0.4, -0.2) is 27.7 Å². The highest BCUT2D eigenvalue weighted by atomic mass is 15.1. The normalized spacial score (nSPS) is 14.1. The van der Waals surface area contributed by atoms with Crippen LogP contribution in [-0.2, 0) is 13.6 Å². The maximum atomic E-state index is 4.09. The second-order valence-electron chi connectivity index (χ2n) is 5.41. The molecular weight excluding hydrogens is 200 g/mol. The molecule has 0 saturated heterocycles. The Labute approximate surface area is 98.5 Å². The molecule has 1 aromatic rings. The Bertz CT molecular complexity index is 311. The summed E-state index contributed by atoms with van der Waals surface area (Å²) >= 11 is 0. The first-order chi connectivity index (χ1) is 7.38. The van der Waals surface area contributed by atoms with Gasteiger partial charge in [0.2, 0.25) is 0 Å². The van der Waals surface area contributed by atoms with Crippen molar-refractivity contribution in [2.75, 3.05) is 6.54 Å². The molecule has 1 unspecified atom stereocenters. The molecule has 0 aliphatic carbocycles. The zero-order chi connectivity index (χ0) is 12.2. The predicted octanol–water partition coefficient (Wildman–Crippen LogP) is 1.29. The number of nitrogens with zero attached hydrogens (tertiary/aromatic N) is 2. The van der Waals surface area contributed by atoms with E-state index >= 15 is 0 Å². The van der Waals surface area contributed by atoms with Gasteiger partial charge in [0.05, 0.1) is 12.0 Å². The van der Waals surface area contributed by atoms with E-state index in [-0.39, 0.29) is 5.54 Å². The molecule has 1 aromatic heterocycles. The lowest BCUT2D eigenvalue weighted by molar-refractivity contribution is 0.386. The summed E-state index contributed by atoms with van der Waals surface area (Å²) in [7, 11) is 2.02. The van der Waals surface area contributed by atoms with Crippen molar-refractivity contribution in [2.24, 2.45) is 7.05 Å². The topological polar surface area (TPSA) is 41.9 Å². The number of rotatable bonds is 5. The molecule has 0 bridgehead atoms. The van der Waals surface area contributed by atoms with Crippen LogP contribution in [0.4, 0.5) is 0 Å². The molecule has 92 valence electrons. The molecule has 0 saturated carbocycles. The quantitative estimate of drug-likeness (QED) is 0.792. The third-order valence-corrected chi connectivity index (χ3v) is 2.49. The van der Waals surface area contributed by atoms with Crippen molar-refractivity contribution in [3.63, 3.8) is 0 Å². The standard InChI is InChI=1S/C12H24N4/c1-10(6-15-12(2,3)4)14-8-11-7-13-9-16(11)5/h7,9-10,14-15H,6,8H2,1-5H3. The zero-order valence-corrected chi connectivity index (χ0v) is 11.0. The molecule has 0 aliphatic heterocycles. The molecular formula is C12H24N4.